The Bertz CT molecular complexity index is 411. The van der Waals surface area contributed by atoms with Crippen LogP contribution >= 0.6 is 0 Å². The topological polar surface area (TPSA) is 47.3 Å². The summed E-state index contributed by atoms with van der Waals surface area (Å²) in [6.45, 7) is 7.34. The highest BCUT2D eigenvalue weighted by molar-refractivity contribution is 5.61. The van der Waals surface area contributed by atoms with Gasteiger partial charge in [-0.2, -0.15) is 0 Å². The van der Waals surface area contributed by atoms with Crippen LogP contribution in [0.25, 0.3) is 0 Å². The van der Waals surface area contributed by atoms with Gasteiger partial charge >= 0.3 is 0 Å². The maximum Gasteiger partial charge on any atom is 0.144 e. The van der Waals surface area contributed by atoms with Crippen molar-refractivity contribution in [3.05, 3.63) is 18.2 Å². The molecule has 3 heteroatoms. The largest absolute Gasteiger partial charge is 0.489 e. The van der Waals surface area contributed by atoms with E-state index in [4.69, 9.17) is 10.5 Å². The molecule has 0 aliphatic heterocycles. The Morgan fingerprint density at radius 2 is 2.11 bits per heavy atom. The average Bonchev–Trinajstić information content (AvgIpc) is 3.10. The number of nitrogens with two attached hydrogens (primary N) is 1. The molecule has 3 N–H and O–H groups in total. The summed E-state index contributed by atoms with van der Waals surface area (Å²) in [7, 11) is 0. The standard InChI is InChI=1S/C15H24N2O/c1-4-15(7-8-15)10-17-12-5-6-13(16)14(9-12)18-11(2)3/h5-6,9,11,17H,4,7-8,10,16H2,1-3H3. The molecule has 3 nitrogen and oxygen atoms in total. The zero-order valence-electron chi connectivity index (χ0n) is 11.6. The van der Waals surface area contributed by atoms with Crippen molar-refractivity contribution in [2.45, 2.75) is 46.1 Å². The second-order valence-corrected chi connectivity index (χ2v) is 5.63. The van der Waals surface area contributed by atoms with E-state index in [1.807, 2.05) is 32.0 Å². The summed E-state index contributed by atoms with van der Waals surface area (Å²) in [4.78, 5) is 0. The molecule has 18 heavy (non-hydrogen) atoms. The number of nitrogens with one attached hydrogen (secondary N) is 1. The molecular formula is C15H24N2O. The molecule has 1 saturated carbocycles. The van der Waals surface area contributed by atoms with Gasteiger partial charge in [0.15, 0.2) is 0 Å². The molecule has 0 unspecified atom stereocenters. The van der Waals surface area contributed by atoms with Crippen LogP contribution < -0.4 is 15.8 Å². The number of ether oxygens (including phenoxy) is 1. The normalized spacial score (nSPS) is 16.7. The van der Waals surface area contributed by atoms with Gasteiger partial charge in [-0.25, -0.2) is 0 Å². The average molecular weight is 248 g/mol. The summed E-state index contributed by atoms with van der Waals surface area (Å²) >= 11 is 0. The van der Waals surface area contributed by atoms with Gasteiger partial charge in [-0.3, -0.25) is 0 Å². The first-order valence-corrected chi connectivity index (χ1v) is 6.85. The summed E-state index contributed by atoms with van der Waals surface area (Å²) in [5.41, 5.74) is 8.24. The van der Waals surface area contributed by atoms with Crippen molar-refractivity contribution >= 4 is 11.4 Å². The Labute approximate surface area is 110 Å². The van der Waals surface area contributed by atoms with E-state index < -0.39 is 0 Å². The third-order valence-electron chi connectivity index (χ3n) is 3.75. The van der Waals surface area contributed by atoms with Crippen LogP contribution in [0.15, 0.2) is 18.2 Å². The molecule has 1 aromatic rings. The summed E-state index contributed by atoms with van der Waals surface area (Å²) in [6.07, 6.45) is 4.10. The molecule has 1 aliphatic carbocycles. The molecule has 0 amide bonds. The number of rotatable bonds is 6. The van der Waals surface area contributed by atoms with Gasteiger partial charge < -0.3 is 15.8 Å². The van der Waals surface area contributed by atoms with Crippen LogP contribution in [0.1, 0.15) is 40.0 Å². The maximum absolute atomic E-state index is 5.91. The van der Waals surface area contributed by atoms with Gasteiger partial charge in [0.05, 0.1) is 11.8 Å². The van der Waals surface area contributed by atoms with Crippen LogP contribution in [-0.2, 0) is 0 Å². The molecule has 0 heterocycles. The molecule has 0 spiro atoms. The van der Waals surface area contributed by atoms with Crippen molar-refractivity contribution in [1.29, 1.82) is 0 Å². The maximum atomic E-state index is 5.91. The Hall–Kier alpha value is -1.38. The van der Waals surface area contributed by atoms with Crippen LogP contribution in [0.4, 0.5) is 11.4 Å². The van der Waals surface area contributed by atoms with Crippen molar-refractivity contribution < 1.29 is 4.74 Å². The van der Waals surface area contributed by atoms with Gasteiger partial charge in [-0.15, -0.1) is 0 Å². The lowest BCUT2D eigenvalue weighted by molar-refractivity contribution is 0.244. The van der Waals surface area contributed by atoms with E-state index in [1.165, 1.54) is 19.3 Å². The van der Waals surface area contributed by atoms with Crippen molar-refractivity contribution in [2.24, 2.45) is 5.41 Å². The fraction of sp³-hybridized carbons (Fsp3) is 0.600. The van der Waals surface area contributed by atoms with Crippen LogP contribution in [-0.4, -0.2) is 12.6 Å². The minimum absolute atomic E-state index is 0.146. The first-order chi connectivity index (χ1) is 8.54. The lowest BCUT2D eigenvalue weighted by atomic mass is 10.0. The van der Waals surface area contributed by atoms with Crippen LogP contribution in [0.5, 0.6) is 5.75 Å². The lowest BCUT2D eigenvalue weighted by Crippen LogP contribution is -2.14. The van der Waals surface area contributed by atoms with Crippen molar-refractivity contribution in [1.82, 2.24) is 0 Å². The van der Waals surface area contributed by atoms with Gasteiger partial charge in [-0.05, 0) is 50.7 Å². The smallest absolute Gasteiger partial charge is 0.144 e. The minimum Gasteiger partial charge on any atom is -0.489 e. The van der Waals surface area contributed by atoms with E-state index in [-0.39, 0.29) is 6.10 Å². The second-order valence-electron chi connectivity index (χ2n) is 5.63. The third kappa shape index (κ3) is 3.09. The van der Waals surface area contributed by atoms with Gasteiger partial charge in [-0.1, -0.05) is 6.92 Å². The first kappa shape index (κ1) is 13.1. The molecule has 0 radical (unpaired) electrons. The molecule has 1 aliphatic rings. The zero-order chi connectivity index (χ0) is 13.2. The predicted molar refractivity (Wildman–Crippen MR) is 77.1 cm³/mol. The molecule has 0 bridgehead atoms. The number of hydrogen-bond acceptors (Lipinski definition) is 3. The van der Waals surface area contributed by atoms with Gasteiger partial charge in [0.1, 0.15) is 5.75 Å². The number of anilines is 2. The Kier molecular flexibility index (Phi) is 3.69. The highest BCUT2D eigenvalue weighted by Crippen LogP contribution is 2.48. The molecule has 0 aromatic heterocycles. The van der Waals surface area contributed by atoms with Crippen LogP contribution in [0.2, 0.25) is 0 Å². The minimum atomic E-state index is 0.146. The van der Waals surface area contributed by atoms with Crippen LogP contribution in [0, 0.1) is 5.41 Å². The molecule has 0 atom stereocenters. The number of nitrogen functional groups attached to an aromatic ring is 1. The van der Waals surface area contributed by atoms with Crippen molar-refractivity contribution in [3.8, 4) is 5.75 Å². The van der Waals surface area contributed by atoms with E-state index in [1.54, 1.807) is 0 Å². The summed E-state index contributed by atoms with van der Waals surface area (Å²) in [5.74, 6) is 0.774. The molecular weight excluding hydrogens is 224 g/mol. The Morgan fingerprint density at radius 3 is 2.67 bits per heavy atom. The molecule has 1 fully saturated rings. The zero-order valence-corrected chi connectivity index (χ0v) is 11.6. The van der Waals surface area contributed by atoms with Crippen molar-refractivity contribution in [3.63, 3.8) is 0 Å². The molecule has 2 rings (SSSR count). The van der Waals surface area contributed by atoms with E-state index >= 15 is 0 Å². The molecule has 100 valence electrons. The fourth-order valence-electron chi connectivity index (χ4n) is 2.12. The SMILES string of the molecule is CCC1(CNc2ccc(N)c(OC(C)C)c2)CC1. The fourth-order valence-corrected chi connectivity index (χ4v) is 2.12. The Morgan fingerprint density at radius 1 is 1.39 bits per heavy atom. The van der Waals surface area contributed by atoms with Gasteiger partial charge in [0.25, 0.3) is 0 Å². The highest BCUT2D eigenvalue weighted by atomic mass is 16.5. The Balaban J connectivity index is 2.00. The van der Waals surface area contributed by atoms with E-state index in [9.17, 15) is 0 Å². The third-order valence-corrected chi connectivity index (χ3v) is 3.75. The van der Waals surface area contributed by atoms with Crippen LogP contribution in [0.3, 0.4) is 0 Å². The van der Waals surface area contributed by atoms with Gasteiger partial charge in [0.2, 0.25) is 0 Å². The van der Waals surface area contributed by atoms with Crippen molar-refractivity contribution in [2.75, 3.05) is 17.6 Å². The monoisotopic (exact) mass is 248 g/mol. The molecule has 1 aromatic carbocycles. The van der Waals surface area contributed by atoms with E-state index in [0.29, 0.717) is 11.1 Å². The van der Waals surface area contributed by atoms with E-state index in [2.05, 4.69) is 12.2 Å². The quantitative estimate of drug-likeness (QED) is 0.755. The lowest BCUT2D eigenvalue weighted by Gasteiger charge is -2.17. The first-order valence-electron chi connectivity index (χ1n) is 6.85. The molecule has 0 saturated heterocycles. The summed E-state index contributed by atoms with van der Waals surface area (Å²) < 4.78 is 5.69. The second kappa shape index (κ2) is 5.09. The van der Waals surface area contributed by atoms with E-state index in [0.717, 1.165) is 18.0 Å². The summed E-state index contributed by atoms with van der Waals surface area (Å²) in [6, 6.07) is 5.93. The number of benzene rings is 1. The highest BCUT2D eigenvalue weighted by Gasteiger charge is 2.40. The summed E-state index contributed by atoms with van der Waals surface area (Å²) in [5, 5.41) is 3.50. The van der Waals surface area contributed by atoms with Gasteiger partial charge in [0, 0.05) is 18.3 Å². The predicted octanol–water partition coefficient (Wildman–Crippen LogP) is 3.66. The number of hydrogen-bond donors (Lipinski definition) is 2.